The van der Waals surface area contributed by atoms with Crippen molar-refractivity contribution in [2.45, 2.75) is 6.92 Å². The number of halogens is 1. The molecule has 0 spiro atoms. The third kappa shape index (κ3) is 2.56. The van der Waals surface area contributed by atoms with Crippen molar-refractivity contribution < 1.29 is 4.79 Å². The maximum absolute atomic E-state index is 12.3. The number of benzene rings is 2. The number of aryl methyl sites for hydroxylation is 2. The first-order valence-corrected chi connectivity index (χ1v) is 7.34. The Morgan fingerprint density at radius 1 is 1.24 bits per heavy atom. The molecule has 0 atom stereocenters. The van der Waals surface area contributed by atoms with Crippen LogP contribution in [0.25, 0.3) is 11.0 Å². The summed E-state index contributed by atoms with van der Waals surface area (Å²) in [5, 5.41) is 2.90. The van der Waals surface area contributed by atoms with E-state index in [2.05, 4.69) is 26.2 Å². The standard InChI is InChI=1S/C16H14BrN3O/c1-10-18-14-9-11(7-8-15(14)20(10)2)19-16(21)12-5-3-4-6-13(12)17/h3-9H,1-2H3,(H,19,21). The molecule has 0 fully saturated rings. The van der Waals surface area contributed by atoms with E-state index in [9.17, 15) is 4.79 Å². The molecule has 0 aliphatic carbocycles. The van der Waals surface area contributed by atoms with Gasteiger partial charge in [-0.1, -0.05) is 12.1 Å². The van der Waals surface area contributed by atoms with Gasteiger partial charge in [-0.25, -0.2) is 4.98 Å². The lowest BCUT2D eigenvalue weighted by Gasteiger charge is -2.07. The first kappa shape index (κ1) is 13.8. The summed E-state index contributed by atoms with van der Waals surface area (Å²) < 4.78 is 2.80. The van der Waals surface area contributed by atoms with Crippen LogP contribution < -0.4 is 5.32 Å². The highest BCUT2D eigenvalue weighted by atomic mass is 79.9. The van der Waals surface area contributed by atoms with E-state index in [1.807, 2.05) is 54.9 Å². The van der Waals surface area contributed by atoms with Crippen molar-refractivity contribution in [1.29, 1.82) is 0 Å². The van der Waals surface area contributed by atoms with E-state index < -0.39 is 0 Å². The molecule has 0 radical (unpaired) electrons. The summed E-state index contributed by atoms with van der Waals surface area (Å²) in [6.45, 7) is 1.96. The van der Waals surface area contributed by atoms with Gasteiger partial charge in [0.1, 0.15) is 5.82 Å². The lowest BCUT2D eigenvalue weighted by atomic mass is 10.2. The zero-order valence-corrected chi connectivity index (χ0v) is 13.3. The highest BCUT2D eigenvalue weighted by Gasteiger charge is 2.11. The molecule has 3 rings (SSSR count). The summed E-state index contributed by atoms with van der Waals surface area (Å²) >= 11 is 3.39. The van der Waals surface area contributed by atoms with Crippen LogP contribution in [0.15, 0.2) is 46.9 Å². The van der Waals surface area contributed by atoms with Gasteiger partial charge in [-0.15, -0.1) is 0 Å². The third-order valence-electron chi connectivity index (χ3n) is 3.48. The molecule has 0 unspecified atom stereocenters. The van der Waals surface area contributed by atoms with Crippen LogP contribution in [0.3, 0.4) is 0 Å². The molecule has 2 aromatic carbocycles. The summed E-state index contributed by atoms with van der Waals surface area (Å²) in [6.07, 6.45) is 0. The summed E-state index contributed by atoms with van der Waals surface area (Å²) in [5.74, 6) is 0.800. The Kier molecular flexibility index (Phi) is 3.51. The zero-order chi connectivity index (χ0) is 15.0. The Labute approximate surface area is 130 Å². The maximum Gasteiger partial charge on any atom is 0.256 e. The topological polar surface area (TPSA) is 46.9 Å². The Bertz CT molecular complexity index is 839. The van der Waals surface area contributed by atoms with Crippen molar-refractivity contribution >= 4 is 38.6 Å². The highest BCUT2D eigenvalue weighted by molar-refractivity contribution is 9.10. The van der Waals surface area contributed by atoms with E-state index in [1.165, 1.54) is 0 Å². The van der Waals surface area contributed by atoms with E-state index in [0.717, 1.165) is 27.0 Å². The van der Waals surface area contributed by atoms with Crippen LogP contribution in [-0.4, -0.2) is 15.5 Å². The van der Waals surface area contributed by atoms with E-state index in [-0.39, 0.29) is 5.91 Å². The van der Waals surface area contributed by atoms with Crippen LogP contribution in [0.2, 0.25) is 0 Å². The normalized spacial score (nSPS) is 10.8. The van der Waals surface area contributed by atoms with E-state index in [4.69, 9.17) is 0 Å². The van der Waals surface area contributed by atoms with Crippen LogP contribution in [0.4, 0.5) is 5.69 Å². The van der Waals surface area contributed by atoms with Crippen LogP contribution in [0, 0.1) is 6.92 Å². The number of fused-ring (bicyclic) bond motifs is 1. The third-order valence-corrected chi connectivity index (χ3v) is 4.17. The van der Waals surface area contributed by atoms with E-state index >= 15 is 0 Å². The summed E-state index contributed by atoms with van der Waals surface area (Å²) in [5.41, 5.74) is 3.27. The molecule has 0 bridgehead atoms. The van der Waals surface area contributed by atoms with Crippen LogP contribution in [0.1, 0.15) is 16.2 Å². The number of carbonyl (C=O) groups is 1. The van der Waals surface area contributed by atoms with E-state index in [0.29, 0.717) is 5.56 Å². The predicted octanol–water partition coefficient (Wildman–Crippen LogP) is 3.90. The number of rotatable bonds is 2. The smallest absolute Gasteiger partial charge is 0.256 e. The fourth-order valence-electron chi connectivity index (χ4n) is 2.24. The second-order valence-electron chi connectivity index (χ2n) is 4.86. The van der Waals surface area contributed by atoms with E-state index in [1.54, 1.807) is 6.07 Å². The first-order chi connectivity index (χ1) is 10.1. The second-order valence-corrected chi connectivity index (χ2v) is 5.71. The molecular weight excluding hydrogens is 330 g/mol. The molecule has 1 heterocycles. The molecule has 0 aliphatic heterocycles. The number of nitrogens with one attached hydrogen (secondary N) is 1. The molecule has 1 aromatic heterocycles. The Morgan fingerprint density at radius 3 is 2.76 bits per heavy atom. The largest absolute Gasteiger partial charge is 0.331 e. The number of aromatic nitrogens is 2. The number of amides is 1. The quantitative estimate of drug-likeness (QED) is 0.767. The van der Waals surface area contributed by atoms with Gasteiger partial charge in [0.2, 0.25) is 0 Å². The minimum Gasteiger partial charge on any atom is -0.331 e. The number of anilines is 1. The van der Waals surface area contributed by atoms with Gasteiger partial charge >= 0.3 is 0 Å². The maximum atomic E-state index is 12.3. The van der Waals surface area contributed by atoms with Crippen LogP contribution in [0.5, 0.6) is 0 Å². The summed E-state index contributed by atoms with van der Waals surface area (Å²) in [6, 6.07) is 13.1. The molecule has 3 aromatic rings. The fourth-order valence-corrected chi connectivity index (χ4v) is 2.71. The lowest BCUT2D eigenvalue weighted by molar-refractivity contribution is 0.102. The molecular formula is C16H14BrN3O. The van der Waals surface area contributed by atoms with Gasteiger partial charge in [-0.3, -0.25) is 4.79 Å². The van der Waals surface area contributed by atoms with Crippen LogP contribution >= 0.6 is 15.9 Å². The molecule has 1 amide bonds. The molecule has 0 aliphatic rings. The van der Waals surface area contributed by atoms with Gasteiger partial charge in [0.25, 0.3) is 5.91 Å². The average Bonchev–Trinajstić information content (AvgIpc) is 2.74. The van der Waals surface area contributed by atoms with Crippen molar-refractivity contribution in [2.24, 2.45) is 7.05 Å². The van der Waals surface area contributed by atoms with Crippen molar-refractivity contribution in [3.63, 3.8) is 0 Å². The number of imidazole rings is 1. The minimum absolute atomic E-state index is 0.144. The molecule has 4 nitrogen and oxygen atoms in total. The average molecular weight is 344 g/mol. The minimum atomic E-state index is -0.144. The number of carbonyl (C=O) groups excluding carboxylic acids is 1. The molecule has 0 saturated carbocycles. The fraction of sp³-hybridized carbons (Fsp3) is 0.125. The molecule has 21 heavy (non-hydrogen) atoms. The Morgan fingerprint density at radius 2 is 2.00 bits per heavy atom. The molecule has 5 heteroatoms. The van der Waals surface area contributed by atoms with Gasteiger partial charge in [0.15, 0.2) is 0 Å². The monoisotopic (exact) mass is 343 g/mol. The Balaban J connectivity index is 1.91. The van der Waals surface area contributed by atoms with Crippen LogP contribution in [-0.2, 0) is 7.05 Å². The molecule has 1 N–H and O–H groups in total. The number of hydrogen-bond acceptors (Lipinski definition) is 2. The predicted molar refractivity (Wildman–Crippen MR) is 87.5 cm³/mol. The van der Waals surface area contributed by atoms with Crippen molar-refractivity contribution in [1.82, 2.24) is 9.55 Å². The van der Waals surface area contributed by atoms with Gasteiger partial charge in [-0.2, -0.15) is 0 Å². The second kappa shape index (κ2) is 5.33. The number of nitrogens with zero attached hydrogens (tertiary/aromatic N) is 2. The zero-order valence-electron chi connectivity index (χ0n) is 11.7. The highest BCUT2D eigenvalue weighted by Crippen LogP contribution is 2.21. The summed E-state index contributed by atoms with van der Waals surface area (Å²) in [7, 11) is 1.98. The Hall–Kier alpha value is -2.14. The van der Waals surface area contributed by atoms with Gasteiger partial charge in [0, 0.05) is 17.2 Å². The lowest BCUT2D eigenvalue weighted by Crippen LogP contribution is -2.12. The van der Waals surface area contributed by atoms with Crippen molar-refractivity contribution in [3.05, 3.63) is 58.3 Å². The van der Waals surface area contributed by atoms with Gasteiger partial charge < -0.3 is 9.88 Å². The number of hydrogen-bond donors (Lipinski definition) is 1. The molecule has 0 saturated heterocycles. The van der Waals surface area contributed by atoms with Gasteiger partial charge in [-0.05, 0) is 53.2 Å². The van der Waals surface area contributed by atoms with Gasteiger partial charge in [0.05, 0.1) is 16.6 Å². The summed E-state index contributed by atoms with van der Waals surface area (Å²) in [4.78, 5) is 16.7. The van der Waals surface area contributed by atoms with Crippen molar-refractivity contribution in [3.8, 4) is 0 Å². The SMILES string of the molecule is Cc1nc2cc(NC(=O)c3ccccc3Br)ccc2n1C. The van der Waals surface area contributed by atoms with Crippen molar-refractivity contribution in [2.75, 3.05) is 5.32 Å². The molecule has 106 valence electrons. The first-order valence-electron chi connectivity index (χ1n) is 6.55.